The summed E-state index contributed by atoms with van der Waals surface area (Å²) in [5, 5.41) is 79.3. The summed E-state index contributed by atoms with van der Waals surface area (Å²) in [5.74, 6) is -0.216. The van der Waals surface area contributed by atoms with Gasteiger partial charge in [-0.3, -0.25) is 0 Å². The van der Waals surface area contributed by atoms with Gasteiger partial charge >= 0.3 is 0 Å². The van der Waals surface area contributed by atoms with E-state index < -0.39 is 56.1 Å². The zero-order valence-corrected chi connectivity index (χ0v) is 20.0. The molecule has 2 aromatic rings. The molecule has 0 spiro atoms. The van der Waals surface area contributed by atoms with Crippen LogP contribution in [-0.4, -0.2) is 105 Å². The Bertz CT molecular complexity index is 1040. The monoisotopic (exact) mass is 524 g/mol. The largest absolute Gasteiger partial charge is 0.504 e. The fourth-order valence-corrected chi connectivity index (χ4v) is 3.73. The van der Waals surface area contributed by atoms with Crippen molar-refractivity contribution in [2.45, 2.75) is 42.9 Å². The molecule has 0 amide bonds. The van der Waals surface area contributed by atoms with E-state index in [-0.39, 0.29) is 29.6 Å². The van der Waals surface area contributed by atoms with Crippen LogP contribution in [-0.2, 0) is 9.47 Å². The van der Waals surface area contributed by atoms with Crippen molar-refractivity contribution < 1.29 is 59.8 Å². The lowest BCUT2D eigenvalue weighted by atomic mass is 9.99. The Morgan fingerprint density at radius 1 is 0.946 bits per heavy atom. The van der Waals surface area contributed by atoms with Gasteiger partial charge in [0.05, 0.1) is 26.9 Å². The number of aliphatic hydroxyl groups excluding tert-OH is 6. The quantitative estimate of drug-likeness (QED) is 0.186. The van der Waals surface area contributed by atoms with Crippen LogP contribution in [0.1, 0.15) is 17.2 Å². The summed E-state index contributed by atoms with van der Waals surface area (Å²) in [7, 11) is 1.36. The molecule has 0 bridgehead atoms. The van der Waals surface area contributed by atoms with E-state index in [1.54, 1.807) is 18.2 Å². The van der Waals surface area contributed by atoms with E-state index in [0.29, 0.717) is 11.1 Å². The van der Waals surface area contributed by atoms with Crippen LogP contribution in [0.3, 0.4) is 0 Å². The van der Waals surface area contributed by atoms with Gasteiger partial charge in [-0.15, -0.1) is 0 Å². The summed E-state index contributed by atoms with van der Waals surface area (Å²) < 4.78 is 21.3. The molecule has 1 fully saturated rings. The Kier molecular flexibility index (Phi) is 10.1. The molecule has 2 aromatic carbocycles. The molecule has 204 valence electrons. The summed E-state index contributed by atoms with van der Waals surface area (Å²) in [6.45, 7) is -1.19. The van der Waals surface area contributed by atoms with Gasteiger partial charge in [0.2, 0.25) is 0 Å². The van der Waals surface area contributed by atoms with Crippen molar-refractivity contribution in [1.29, 1.82) is 0 Å². The van der Waals surface area contributed by atoms with Crippen LogP contribution >= 0.6 is 0 Å². The standard InChI is InChI=1S/C25H32O12/c1-34-18-10-14(5-6-15(18)28)21(30)19(11-26)36-17-7-4-13(9-16(17)29)3-2-8-35-25-24(33)23(32)22(31)20(12-27)37-25/h2-7,9-10,19-33H,8,11-12H2,1H3/b3-2-/t19-,20-,21+,22-,23+,24-,25-/m1/s1. The molecule has 1 saturated heterocycles. The number of aliphatic hydroxyl groups is 6. The van der Waals surface area contributed by atoms with Crippen LogP contribution in [0, 0.1) is 0 Å². The van der Waals surface area contributed by atoms with E-state index in [9.17, 15) is 40.9 Å². The van der Waals surface area contributed by atoms with Gasteiger partial charge < -0.3 is 59.8 Å². The predicted octanol–water partition coefficient (Wildman–Crippen LogP) is -0.591. The molecular weight excluding hydrogens is 492 g/mol. The molecule has 1 aliphatic heterocycles. The van der Waals surface area contributed by atoms with Gasteiger partial charge in [-0.25, -0.2) is 0 Å². The first-order chi connectivity index (χ1) is 17.7. The average molecular weight is 525 g/mol. The van der Waals surface area contributed by atoms with Gasteiger partial charge in [0, 0.05) is 0 Å². The minimum Gasteiger partial charge on any atom is -0.504 e. The Hall–Kier alpha value is -2.94. The molecule has 1 heterocycles. The molecule has 12 nitrogen and oxygen atoms in total. The van der Waals surface area contributed by atoms with Crippen molar-refractivity contribution in [3.8, 4) is 23.0 Å². The summed E-state index contributed by atoms with van der Waals surface area (Å²) in [6.07, 6.45) is -6.15. The molecule has 8 N–H and O–H groups in total. The van der Waals surface area contributed by atoms with Gasteiger partial charge in [0.1, 0.15) is 30.5 Å². The third kappa shape index (κ3) is 6.89. The number of methoxy groups -OCH3 is 1. The number of benzene rings is 2. The van der Waals surface area contributed by atoms with Crippen molar-refractivity contribution in [3.63, 3.8) is 0 Å². The van der Waals surface area contributed by atoms with Crippen LogP contribution in [0.2, 0.25) is 0 Å². The minimum atomic E-state index is -1.54. The van der Waals surface area contributed by atoms with Crippen LogP contribution in [0.4, 0.5) is 0 Å². The Balaban J connectivity index is 1.59. The molecular formula is C25H32O12. The number of rotatable bonds is 11. The molecule has 0 aliphatic carbocycles. The molecule has 7 atom stereocenters. The molecule has 0 aromatic heterocycles. The SMILES string of the molecule is COc1cc([C@H](O)[C@@H](CO)Oc2ccc(/C=C\CO[C@@H]3O[C@H](CO)[C@@H](O)[C@H](O)[C@H]3O)cc2O)ccc1O. The Morgan fingerprint density at radius 3 is 2.35 bits per heavy atom. The third-order valence-corrected chi connectivity index (χ3v) is 5.85. The van der Waals surface area contributed by atoms with E-state index in [0.717, 1.165) is 0 Å². The lowest BCUT2D eigenvalue weighted by Crippen LogP contribution is -2.59. The highest BCUT2D eigenvalue weighted by molar-refractivity contribution is 5.55. The molecule has 0 saturated carbocycles. The summed E-state index contributed by atoms with van der Waals surface area (Å²) in [6, 6.07) is 8.63. The lowest BCUT2D eigenvalue weighted by Gasteiger charge is -2.39. The maximum Gasteiger partial charge on any atom is 0.187 e. The van der Waals surface area contributed by atoms with Crippen molar-refractivity contribution in [2.75, 3.05) is 26.9 Å². The number of hydrogen-bond donors (Lipinski definition) is 8. The fourth-order valence-electron chi connectivity index (χ4n) is 3.73. The van der Waals surface area contributed by atoms with Crippen molar-refractivity contribution >= 4 is 6.08 Å². The number of phenols is 2. The first kappa shape index (κ1) is 28.6. The second-order valence-electron chi connectivity index (χ2n) is 8.38. The lowest BCUT2D eigenvalue weighted by molar-refractivity contribution is -0.298. The molecule has 3 rings (SSSR count). The zero-order chi connectivity index (χ0) is 27.1. The number of hydrogen-bond acceptors (Lipinski definition) is 12. The molecule has 0 radical (unpaired) electrons. The van der Waals surface area contributed by atoms with Crippen molar-refractivity contribution in [1.82, 2.24) is 0 Å². The topological polar surface area (TPSA) is 199 Å². The van der Waals surface area contributed by atoms with E-state index in [4.69, 9.17) is 18.9 Å². The second kappa shape index (κ2) is 13.0. The predicted molar refractivity (Wildman–Crippen MR) is 128 cm³/mol. The maximum atomic E-state index is 10.6. The Labute approximate surface area is 212 Å². The summed E-state index contributed by atoms with van der Waals surface area (Å²) in [4.78, 5) is 0. The highest BCUT2D eigenvalue weighted by Crippen LogP contribution is 2.33. The van der Waals surface area contributed by atoms with E-state index >= 15 is 0 Å². The molecule has 1 aliphatic rings. The van der Waals surface area contributed by atoms with Crippen LogP contribution in [0.15, 0.2) is 42.5 Å². The van der Waals surface area contributed by atoms with Crippen molar-refractivity contribution in [3.05, 3.63) is 53.6 Å². The highest BCUT2D eigenvalue weighted by atomic mass is 16.7. The van der Waals surface area contributed by atoms with E-state index in [1.807, 2.05) is 0 Å². The van der Waals surface area contributed by atoms with Gasteiger partial charge in [-0.1, -0.05) is 24.3 Å². The number of ether oxygens (including phenoxy) is 4. The Morgan fingerprint density at radius 2 is 1.70 bits per heavy atom. The highest BCUT2D eigenvalue weighted by Gasteiger charge is 2.43. The molecule has 37 heavy (non-hydrogen) atoms. The van der Waals surface area contributed by atoms with Crippen molar-refractivity contribution in [2.24, 2.45) is 0 Å². The minimum absolute atomic E-state index is 0.0126. The van der Waals surface area contributed by atoms with E-state index in [1.165, 1.54) is 37.4 Å². The summed E-state index contributed by atoms with van der Waals surface area (Å²) >= 11 is 0. The number of phenolic OH excluding ortho intramolecular Hbond substituents is 2. The number of aromatic hydroxyl groups is 2. The van der Waals surface area contributed by atoms with Gasteiger partial charge in [-0.05, 0) is 35.4 Å². The average Bonchev–Trinajstić information content (AvgIpc) is 2.90. The normalized spacial score (nSPS) is 25.6. The summed E-state index contributed by atoms with van der Waals surface area (Å²) in [5.41, 5.74) is 0.874. The van der Waals surface area contributed by atoms with Gasteiger partial charge in [0.25, 0.3) is 0 Å². The fraction of sp³-hybridized carbons (Fsp3) is 0.440. The maximum absolute atomic E-state index is 10.6. The van der Waals surface area contributed by atoms with Crippen LogP contribution < -0.4 is 9.47 Å². The van der Waals surface area contributed by atoms with E-state index in [2.05, 4.69) is 0 Å². The first-order valence-electron chi connectivity index (χ1n) is 11.4. The first-order valence-corrected chi connectivity index (χ1v) is 11.4. The third-order valence-electron chi connectivity index (χ3n) is 5.85. The van der Waals surface area contributed by atoms with Crippen LogP contribution in [0.25, 0.3) is 6.08 Å². The van der Waals surface area contributed by atoms with Crippen LogP contribution in [0.5, 0.6) is 23.0 Å². The second-order valence-corrected chi connectivity index (χ2v) is 8.38. The smallest absolute Gasteiger partial charge is 0.187 e. The van der Waals surface area contributed by atoms with Gasteiger partial charge in [0.15, 0.2) is 35.4 Å². The molecule has 0 unspecified atom stereocenters. The molecule has 12 heteroatoms. The van der Waals surface area contributed by atoms with Gasteiger partial charge in [-0.2, -0.15) is 0 Å². The zero-order valence-electron chi connectivity index (χ0n) is 20.0.